The van der Waals surface area contributed by atoms with Crippen molar-refractivity contribution >= 4 is 51.5 Å². The average molecular weight is 598 g/mol. The van der Waals surface area contributed by atoms with Crippen LogP contribution in [0.2, 0.25) is 0 Å². The third-order valence-corrected chi connectivity index (χ3v) is 8.22. The molecule has 0 radical (unpaired) electrons. The number of hydrogen-bond acceptors (Lipinski definition) is 7. The standard InChI is InChI=1S/C33H31N3O6S/c1-20(2)24-10-8-21(3)14-28(24)40-13-12-36-32(38)30(43-33(36)39)15-22-17-35(26-7-5-4-6-25(22)26)18-31(37)34-23-9-11-27-29(16-23)42-19-41-27/h4-11,14-17,20H,12-13,18-19H2,1-3H3,(H,34,37)/b30-15-. The largest absolute Gasteiger partial charge is 0.491 e. The number of carbonyl (C=O) groups is 3. The van der Waals surface area contributed by atoms with Crippen molar-refractivity contribution in [3.8, 4) is 17.2 Å². The molecule has 3 heterocycles. The molecule has 1 N–H and O–H groups in total. The second-order valence-corrected chi connectivity index (χ2v) is 11.7. The molecule has 9 nitrogen and oxygen atoms in total. The normalized spacial score (nSPS) is 15.3. The van der Waals surface area contributed by atoms with Crippen molar-refractivity contribution < 1.29 is 28.6 Å². The minimum atomic E-state index is -0.357. The number of aryl methyl sites for hydroxylation is 1. The smallest absolute Gasteiger partial charge is 0.293 e. The fraction of sp³-hybridized carbons (Fsp3) is 0.242. The summed E-state index contributed by atoms with van der Waals surface area (Å²) in [5.74, 6) is 1.70. The molecule has 6 rings (SSSR count). The van der Waals surface area contributed by atoms with Gasteiger partial charge in [0, 0.05) is 34.4 Å². The van der Waals surface area contributed by atoms with Crippen molar-refractivity contribution in [2.75, 3.05) is 25.3 Å². The molecular weight excluding hydrogens is 566 g/mol. The van der Waals surface area contributed by atoms with Crippen LogP contribution < -0.4 is 19.5 Å². The van der Waals surface area contributed by atoms with E-state index in [2.05, 4.69) is 25.2 Å². The Bertz CT molecular complexity index is 1780. The predicted octanol–water partition coefficient (Wildman–Crippen LogP) is 6.56. The minimum absolute atomic E-state index is 0.0545. The van der Waals surface area contributed by atoms with E-state index in [0.29, 0.717) is 22.1 Å². The van der Waals surface area contributed by atoms with Gasteiger partial charge in [-0.15, -0.1) is 0 Å². The molecule has 1 saturated heterocycles. The number of amides is 3. The van der Waals surface area contributed by atoms with Gasteiger partial charge < -0.3 is 24.1 Å². The van der Waals surface area contributed by atoms with E-state index in [1.54, 1.807) is 24.3 Å². The van der Waals surface area contributed by atoms with Crippen molar-refractivity contribution in [3.05, 3.63) is 88.5 Å². The van der Waals surface area contributed by atoms with E-state index >= 15 is 0 Å². The highest BCUT2D eigenvalue weighted by Crippen LogP contribution is 2.36. The number of aromatic nitrogens is 1. The number of benzene rings is 3. The van der Waals surface area contributed by atoms with Crippen molar-refractivity contribution in [3.63, 3.8) is 0 Å². The van der Waals surface area contributed by atoms with Crippen LogP contribution in [-0.2, 0) is 16.1 Å². The first-order chi connectivity index (χ1) is 20.8. The Hall–Kier alpha value is -4.70. The van der Waals surface area contributed by atoms with Crippen LogP contribution in [0.25, 0.3) is 17.0 Å². The maximum atomic E-state index is 13.3. The molecule has 3 aromatic carbocycles. The molecule has 0 atom stereocenters. The Kier molecular flexibility index (Phi) is 7.86. The zero-order chi connectivity index (χ0) is 30.1. The first-order valence-electron chi connectivity index (χ1n) is 14.0. The molecule has 1 aromatic heterocycles. The maximum Gasteiger partial charge on any atom is 0.293 e. The number of nitrogens with one attached hydrogen (secondary N) is 1. The Morgan fingerprint density at radius 2 is 1.88 bits per heavy atom. The highest BCUT2D eigenvalue weighted by molar-refractivity contribution is 8.18. The summed E-state index contributed by atoms with van der Waals surface area (Å²) in [6.07, 6.45) is 3.55. The molecule has 4 aromatic rings. The lowest BCUT2D eigenvalue weighted by Crippen LogP contribution is -2.32. The molecule has 0 spiro atoms. The van der Waals surface area contributed by atoms with Crippen molar-refractivity contribution in [2.45, 2.75) is 33.2 Å². The van der Waals surface area contributed by atoms with Crippen LogP contribution in [0.4, 0.5) is 10.5 Å². The molecule has 2 aliphatic rings. The van der Waals surface area contributed by atoms with Crippen molar-refractivity contribution in [1.82, 2.24) is 9.47 Å². The summed E-state index contributed by atoms with van der Waals surface area (Å²) in [7, 11) is 0. The first kappa shape index (κ1) is 28.4. The minimum Gasteiger partial charge on any atom is -0.491 e. The van der Waals surface area contributed by atoms with Crippen LogP contribution >= 0.6 is 11.8 Å². The van der Waals surface area contributed by atoms with Crippen LogP contribution in [0.15, 0.2) is 71.8 Å². The Morgan fingerprint density at radius 1 is 1.07 bits per heavy atom. The molecule has 0 unspecified atom stereocenters. The molecule has 43 heavy (non-hydrogen) atoms. The van der Waals surface area contributed by atoms with E-state index in [0.717, 1.165) is 45.1 Å². The van der Waals surface area contributed by atoms with Gasteiger partial charge in [0.15, 0.2) is 11.5 Å². The number of imide groups is 1. The molecule has 3 amide bonds. The lowest BCUT2D eigenvalue weighted by molar-refractivity contribution is -0.123. The van der Waals surface area contributed by atoms with Gasteiger partial charge in [0.1, 0.15) is 18.9 Å². The van der Waals surface area contributed by atoms with E-state index in [1.165, 1.54) is 4.90 Å². The molecular formula is C33H31N3O6S. The Balaban J connectivity index is 1.15. The van der Waals surface area contributed by atoms with Gasteiger partial charge in [-0.25, -0.2) is 0 Å². The summed E-state index contributed by atoms with van der Waals surface area (Å²) < 4.78 is 18.6. The highest BCUT2D eigenvalue weighted by Gasteiger charge is 2.35. The van der Waals surface area contributed by atoms with Gasteiger partial charge in [0.05, 0.1) is 11.4 Å². The summed E-state index contributed by atoms with van der Waals surface area (Å²) >= 11 is 0.909. The fourth-order valence-corrected chi connectivity index (χ4v) is 6.03. The number of fused-ring (bicyclic) bond motifs is 2. The van der Waals surface area contributed by atoms with Crippen LogP contribution in [0.1, 0.15) is 36.5 Å². The number of hydrogen-bond donors (Lipinski definition) is 1. The summed E-state index contributed by atoms with van der Waals surface area (Å²) in [6, 6.07) is 19.0. The number of para-hydroxylation sites is 1. The van der Waals surface area contributed by atoms with Crippen LogP contribution in [0.3, 0.4) is 0 Å². The van der Waals surface area contributed by atoms with Crippen LogP contribution in [0.5, 0.6) is 17.2 Å². The third-order valence-electron chi connectivity index (χ3n) is 7.31. The molecule has 0 bridgehead atoms. The number of thioether (sulfide) groups is 1. The molecule has 10 heteroatoms. The van der Waals surface area contributed by atoms with Gasteiger partial charge in [0.25, 0.3) is 11.1 Å². The molecule has 0 saturated carbocycles. The second-order valence-electron chi connectivity index (χ2n) is 10.7. The number of anilines is 1. The summed E-state index contributed by atoms with van der Waals surface area (Å²) in [5, 5.41) is 3.43. The van der Waals surface area contributed by atoms with Gasteiger partial charge in [-0.1, -0.05) is 44.2 Å². The van der Waals surface area contributed by atoms with Crippen LogP contribution in [-0.4, -0.2) is 46.5 Å². The molecule has 0 aliphatic carbocycles. The highest BCUT2D eigenvalue weighted by atomic mass is 32.2. The van der Waals surface area contributed by atoms with Gasteiger partial charge in [-0.2, -0.15) is 0 Å². The topological polar surface area (TPSA) is 99.1 Å². The third kappa shape index (κ3) is 5.96. The lowest BCUT2D eigenvalue weighted by Gasteiger charge is -2.17. The van der Waals surface area contributed by atoms with Crippen LogP contribution in [0, 0.1) is 6.92 Å². The number of carbonyl (C=O) groups excluding carboxylic acids is 3. The summed E-state index contributed by atoms with van der Waals surface area (Å²) in [4.78, 5) is 40.6. The molecule has 2 aliphatic heterocycles. The van der Waals surface area contributed by atoms with Gasteiger partial charge in [-0.05, 0) is 66.1 Å². The zero-order valence-corrected chi connectivity index (χ0v) is 24.9. The van der Waals surface area contributed by atoms with Gasteiger partial charge in [-0.3, -0.25) is 19.3 Å². The van der Waals surface area contributed by atoms with Gasteiger partial charge in [0.2, 0.25) is 12.7 Å². The second kappa shape index (κ2) is 11.9. The average Bonchev–Trinajstić information content (AvgIpc) is 3.65. The Labute approximate surface area is 253 Å². The number of ether oxygens (including phenoxy) is 3. The fourth-order valence-electron chi connectivity index (χ4n) is 5.17. The summed E-state index contributed by atoms with van der Waals surface area (Å²) in [5.41, 5.74) is 4.35. The predicted molar refractivity (Wildman–Crippen MR) is 167 cm³/mol. The maximum absolute atomic E-state index is 13.3. The van der Waals surface area contributed by atoms with E-state index in [1.807, 2.05) is 54.1 Å². The lowest BCUT2D eigenvalue weighted by atomic mass is 10.0. The zero-order valence-electron chi connectivity index (χ0n) is 24.1. The van der Waals surface area contributed by atoms with E-state index < -0.39 is 0 Å². The summed E-state index contributed by atoms with van der Waals surface area (Å²) in [6.45, 7) is 6.76. The Morgan fingerprint density at radius 3 is 2.72 bits per heavy atom. The van der Waals surface area contributed by atoms with E-state index in [-0.39, 0.29) is 49.5 Å². The van der Waals surface area contributed by atoms with Crippen molar-refractivity contribution in [1.29, 1.82) is 0 Å². The van der Waals surface area contributed by atoms with Crippen molar-refractivity contribution in [2.24, 2.45) is 0 Å². The SMILES string of the molecule is Cc1ccc(C(C)C)c(OCCN2C(=O)S/C(=C\c3cn(CC(=O)Nc4ccc5c(c4)OCO5)c4ccccc34)C2=O)c1. The number of rotatable bonds is 9. The first-order valence-corrected chi connectivity index (χ1v) is 14.8. The molecule has 1 fully saturated rings. The number of nitrogens with zero attached hydrogens (tertiary/aromatic N) is 2. The van der Waals surface area contributed by atoms with Gasteiger partial charge >= 0.3 is 0 Å². The van der Waals surface area contributed by atoms with E-state index in [9.17, 15) is 14.4 Å². The molecule has 220 valence electrons. The van der Waals surface area contributed by atoms with E-state index in [4.69, 9.17) is 14.2 Å². The quantitative estimate of drug-likeness (QED) is 0.218. The monoisotopic (exact) mass is 597 g/mol.